The maximum atomic E-state index is 11.8. The monoisotopic (exact) mass is 371 g/mol. The van der Waals surface area contributed by atoms with Crippen molar-refractivity contribution >= 4 is 23.7 Å². The van der Waals surface area contributed by atoms with E-state index in [0.29, 0.717) is 12.8 Å². The number of rotatable bonds is 10. The fourth-order valence-corrected chi connectivity index (χ4v) is 2.12. The fourth-order valence-electron chi connectivity index (χ4n) is 2.12. The zero-order valence-corrected chi connectivity index (χ0v) is 13.8. The summed E-state index contributed by atoms with van der Waals surface area (Å²) in [5, 5.41) is 39.2. The Morgan fingerprint density at radius 3 is 2.42 bits per heavy atom. The third-order valence-electron chi connectivity index (χ3n) is 3.45. The number of hydrogen-bond acceptors (Lipinski definition) is 7. The van der Waals surface area contributed by atoms with Gasteiger partial charge in [0, 0.05) is 12.6 Å². The second-order valence-corrected chi connectivity index (χ2v) is 5.38. The molecule has 0 heterocycles. The van der Waals surface area contributed by atoms with Crippen LogP contribution in [0.4, 0.5) is 10.5 Å². The molecule has 11 heteroatoms. The van der Waals surface area contributed by atoms with Crippen LogP contribution in [0, 0.1) is 5.21 Å². The predicted molar refractivity (Wildman–Crippen MR) is 86.5 cm³/mol. The van der Waals surface area contributed by atoms with Crippen LogP contribution in [0.25, 0.3) is 0 Å². The van der Waals surface area contributed by atoms with E-state index < -0.39 is 35.4 Å². The largest absolute Gasteiger partial charge is 0.595 e. The van der Waals surface area contributed by atoms with E-state index in [9.17, 15) is 24.7 Å². The highest BCUT2D eigenvalue weighted by Crippen LogP contribution is 2.23. The number of unbranched alkanes of at least 4 members (excludes halogenated alkanes) is 1. The molecule has 3 atom stereocenters. The van der Waals surface area contributed by atoms with Gasteiger partial charge in [0.1, 0.15) is 6.04 Å². The number of nitrogens with one attached hydrogen (secondary N) is 2. The van der Waals surface area contributed by atoms with Gasteiger partial charge in [-0.1, -0.05) is 12.1 Å². The average molecular weight is 371 g/mol. The summed E-state index contributed by atoms with van der Waals surface area (Å²) in [6, 6.07) is 4.34. The zero-order valence-electron chi connectivity index (χ0n) is 13.8. The Kier molecular flexibility index (Phi) is 8.45. The van der Waals surface area contributed by atoms with Crippen molar-refractivity contribution in [1.29, 1.82) is 0 Å². The lowest BCUT2D eigenvalue weighted by Crippen LogP contribution is -2.99. The van der Waals surface area contributed by atoms with E-state index in [1.54, 1.807) is 0 Å². The van der Waals surface area contributed by atoms with E-state index in [-0.39, 0.29) is 24.2 Å². The van der Waals surface area contributed by atoms with Crippen LogP contribution in [0.1, 0.15) is 30.9 Å². The topological polar surface area (TPSA) is 187 Å². The number of carboxylic acids is 2. The number of alkyl carbamates (subject to hydrolysis) is 1. The predicted octanol–water partition coefficient (Wildman–Crippen LogP) is -0.476. The van der Waals surface area contributed by atoms with Gasteiger partial charge in [0.2, 0.25) is 6.10 Å². The third kappa shape index (κ3) is 6.64. The zero-order chi connectivity index (χ0) is 19.7. The Morgan fingerprint density at radius 2 is 1.85 bits per heavy atom. The minimum atomic E-state index is -1.78. The van der Waals surface area contributed by atoms with Gasteiger partial charge >= 0.3 is 18.0 Å². The number of quaternary nitrogens is 1. The Hall–Kier alpha value is -2.73. The Morgan fingerprint density at radius 1 is 1.19 bits per heavy atom. The molecule has 0 fully saturated rings. The molecule has 1 aromatic carbocycles. The highest BCUT2D eigenvalue weighted by molar-refractivity contribution is 5.80. The molecule has 0 aliphatic carbocycles. The molecule has 11 nitrogen and oxygen atoms in total. The molecule has 1 aromatic rings. The van der Waals surface area contributed by atoms with Gasteiger partial charge in [-0.3, -0.25) is 4.79 Å². The number of carbonyl (C=O) groups is 3. The molecule has 0 aliphatic heterocycles. The second kappa shape index (κ2) is 10.3. The van der Waals surface area contributed by atoms with Gasteiger partial charge in [-0.2, -0.15) is 5.23 Å². The SMILES string of the molecule is N[C@H](CCCCNC(=O)OC(C(=O)O)c1ccccc1[NH+]([O-])O)C(=O)O. The van der Waals surface area contributed by atoms with Crippen LogP contribution in [0.3, 0.4) is 0 Å². The molecule has 0 aromatic heterocycles. The van der Waals surface area contributed by atoms with Gasteiger partial charge < -0.3 is 31.2 Å². The van der Waals surface area contributed by atoms with Crippen LogP contribution in [0.5, 0.6) is 0 Å². The number of amides is 1. The molecular formula is C15H21N3O8. The lowest BCUT2D eigenvalue weighted by Gasteiger charge is -2.20. The summed E-state index contributed by atoms with van der Waals surface area (Å²) >= 11 is 0. The number of nitrogens with two attached hydrogens (primary N) is 1. The van der Waals surface area contributed by atoms with Crippen LogP contribution in [0.15, 0.2) is 24.3 Å². The van der Waals surface area contributed by atoms with Gasteiger partial charge in [-0.05, 0) is 25.3 Å². The molecule has 1 amide bonds. The molecule has 0 saturated carbocycles. The Balaban J connectivity index is 2.57. The lowest BCUT2D eigenvalue weighted by molar-refractivity contribution is -0.991. The fraction of sp³-hybridized carbons (Fsp3) is 0.400. The molecule has 0 bridgehead atoms. The number of carboxylic acid groups (broad SMARTS) is 2. The summed E-state index contributed by atoms with van der Waals surface area (Å²) in [5.74, 6) is -2.62. The van der Waals surface area contributed by atoms with Crippen LogP contribution in [-0.2, 0) is 14.3 Å². The van der Waals surface area contributed by atoms with Crippen LogP contribution in [-0.4, -0.2) is 46.0 Å². The smallest absolute Gasteiger partial charge is 0.408 e. The van der Waals surface area contributed by atoms with Gasteiger partial charge in [-0.15, -0.1) is 0 Å². The normalized spacial score (nSPS) is 14.1. The molecule has 7 N–H and O–H groups in total. The van der Waals surface area contributed by atoms with E-state index in [0.717, 1.165) is 0 Å². The molecule has 2 unspecified atom stereocenters. The maximum absolute atomic E-state index is 11.8. The molecule has 0 spiro atoms. The van der Waals surface area contributed by atoms with Gasteiger partial charge in [0.15, 0.2) is 5.69 Å². The van der Waals surface area contributed by atoms with Crippen molar-refractivity contribution in [3.8, 4) is 0 Å². The van der Waals surface area contributed by atoms with Gasteiger partial charge in [0.05, 0.1) is 5.56 Å². The number of benzene rings is 1. The second-order valence-electron chi connectivity index (χ2n) is 5.38. The quantitative estimate of drug-likeness (QED) is 0.233. The molecule has 26 heavy (non-hydrogen) atoms. The van der Waals surface area contributed by atoms with E-state index in [1.165, 1.54) is 24.3 Å². The molecule has 144 valence electrons. The summed E-state index contributed by atoms with van der Waals surface area (Å²) in [6.07, 6.45) is -1.71. The lowest BCUT2D eigenvalue weighted by atomic mass is 10.1. The first-order valence-electron chi connectivity index (χ1n) is 7.72. The number of ether oxygens (including phenoxy) is 1. The number of para-hydroxylation sites is 1. The van der Waals surface area contributed by atoms with Crippen LogP contribution < -0.4 is 16.3 Å². The summed E-state index contributed by atoms with van der Waals surface area (Å²) < 4.78 is 4.82. The average Bonchev–Trinajstić information content (AvgIpc) is 2.58. The van der Waals surface area contributed by atoms with Crippen molar-refractivity contribution in [2.75, 3.05) is 6.54 Å². The molecular weight excluding hydrogens is 350 g/mol. The summed E-state index contributed by atoms with van der Waals surface area (Å²) in [4.78, 5) is 33.7. The molecule has 0 aliphatic rings. The van der Waals surface area contributed by atoms with E-state index in [4.69, 9.17) is 20.8 Å². The number of hydrogen-bond donors (Lipinski definition) is 6. The maximum Gasteiger partial charge on any atom is 0.408 e. The van der Waals surface area contributed by atoms with Gasteiger partial charge in [-0.25, -0.2) is 14.8 Å². The Bertz CT molecular complexity index is 637. The standard InChI is InChI=1S/C15H21N3O8/c16-10(13(19)20)6-3-4-8-17-15(23)26-12(14(21)22)9-5-1-2-7-11(9)18(24)25/h1-2,5,7,10,12,18,24H,3-4,6,8,16H2,(H,17,23)(H,19,20)(H,21,22)/t10-,12?/m1/s1. The first-order chi connectivity index (χ1) is 12.2. The summed E-state index contributed by atoms with van der Waals surface area (Å²) in [6.45, 7) is 0.123. The highest BCUT2D eigenvalue weighted by atomic mass is 16.8. The first-order valence-corrected chi connectivity index (χ1v) is 7.72. The summed E-state index contributed by atoms with van der Waals surface area (Å²) in [5.41, 5.74) is 4.90. The minimum Gasteiger partial charge on any atom is -0.595 e. The third-order valence-corrected chi connectivity index (χ3v) is 3.45. The van der Waals surface area contributed by atoms with Crippen molar-refractivity contribution in [3.63, 3.8) is 0 Å². The summed E-state index contributed by atoms with van der Waals surface area (Å²) in [7, 11) is 0. The van der Waals surface area contributed by atoms with Crippen molar-refractivity contribution in [3.05, 3.63) is 35.0 Å². The molecule has 1 rings (SSSR count). The van der Waals surface area contributed by atoms with Crippen molar-refractivity contribution in [1.82, 2.24) is 5.32 Å². The molecule has 0 saturated heterocycles. The van der Waals surface area contributed by atoms with Crippen molar-refractivity contribution in [2.24, 2.45) is 5.73 Å². The van der Waals surface area contributed by atoms with Gasteiger partial charge in [0.25, 0.3) is 0 Å². The number of carbonyl (C=O) groups excluding carboxylic acids is 1. The minimum absolute atomic E-state index is 0.123. The van der Waals surface area contributed by atoms with Crippen LogP contribution >= 0.6 is 0 Å². The van der Waals surface area contributed by atoms with Crippen molar-refractivity contribution in [2.45, 2.75) is 31.4 Å². The van der Waals surface area contributed by atoms with E-state index in [1.807, 2.05) is 0 Å². The highest BCUT2D eigenvalue weighted by Gasteiger charge is 2.29. The Labute approximate surface area is 148 Å². The van der Waals surface area contributed by atoms with E-state index >= 15 is 0 Å². The first kappa shape index (κ1) is 21.3. The van der Waals surface area contributed by atoms with E-state index in [2.05, 4.69) is 5.32 Å². The van der Waals surface area contributed by atoms with Crippen molar-refractivity contribution < 1.29 is 39.8 Å². The number of aliphatic carboxylic acids is 2. The van der Waals surface area contributed by atoms with Crippen LogP contribution in [0.2, 0.25) is 0 Å². The molecule has 0 radical (unpaired) electrons.